The summed E-state index contributed by atoms with van der Waals surface area (Å²) in [7, 11) is 0. The molecule has 0 N–H and O–H groups in total. The molecule has 0 aliphatic carbocycles. The zero-order valence-electron chi connectivity index (χ0n) is 15.6. The second-order valence-corrected chi connectivity index (χ2v) is 7.10. The van der Waals surface area contributed by atoms with E-state index in [2.05, 4.69) is 17.6 Å². The first-order chi connectivity index (χ1) is 12.8. The van der Waals surface area contributed by atoms with Crippen molar-refractivity contribution in [2.75, 3.05) is 19.8 Å². The highest BCUT2D eigenvalue weighted by Crippen LogP contribution is 2.30. The van der Waals surface area contributed by atoms with Gasteiger partial charge in [-0.15, -0.1) is 6.58 Å². The molecule has 0 aromatic carbocycles. The van der Waals surface area contributed by atoms with E-state index in [4.69, 9.17) is 31.1 Å². The maximum absolute atomic E-state index is 12.5. The number of hydrogen-bond donors (Lipinski definition) is 0. The number of rotatable bonds is 7. The molecular formula is C19H22ClN3O4. The predicted octanol–water partition coefficient (Wildman–Crippen LogP) is 4.12. The van der Waals surface area contributed by atoms with E-state index >= 15 is 0 Å². The van der Waals surface area contributed by atoms with Gasteiger partial charge in [0.25, 0.3) is 0 Å². The molecule has 27 heavy (non-hydrogen) atoms. The number of halogens is 1. The second-order valence-electron chi connectivity index (χ2n) is 6.69. The van der Waals surface area contributed by atoms with Crippen molar-refractivity contribution in [2.24, 2.45) is 0 Å². The van der Waals surface area contributed by atoms with E-state index in [0.717, 1.165) is 0 Å². The van der Waals surface area contributed by atoms with E-state index in [9.17, 15) is 4.79 Å². The smallest absolute Gasteiger partial charge is 0.419 e. The average molecular weight is 392 g/mol. The lowest BCUT2D eigenvalue weighted by Crippen LogP contribution is -2.26. The molecule has 0 bridgehead atoms. The number of aromatic nitrogens is 2. The molecular weight excluding hydrogens is 370 g/mol. The average Bonchev–Trinajstić information content (AvgIpc) is 2.91. The minimum absolute atomic E-state index is 0.0861. The van der Waals surface area contributed by atoms with Gasteiger partial charge < -0.3 is 14.2 Å². The maximum Gasteiger partial charge on any atom is 0.419 e. The van der Waals surface area contributed by atoms with Gasteiger partial charge in [-0.25, -0.2) is 9.78 Å². The fourth-order valence-corrected chi connectivity index (χ4v) is 2.51. The third-order valence-electron chi connectivity index (χ3n) is 3.33. The molecule has 8 heteroatoms. The third-order valence-corrected chi connectivity index (χ3v) is 3.60. The molecule has 0 saturated heterocycles. The molecule has 0 aliphatic heterocycles. The van der Waals surface area contributed by atoms with E-state index in [-0.39, 0.29) is 23.9 Å². The quantitative estimate of drug-likeness (QED) is 0.521. The number of carbonyl (C=O) groups is 1. The van der Waals surface area contributed by atoms with Crippen molar-refractivity contribution in [1.29, 1.82) is 5.26 Å². The first-order valence-electron chi connectivity index (χ1n) is 8.39. The topological polar surface area (TPSA) is 86.4 Å². The summed E-state index contributed by atoms with van der Waals surface area (Å²) in [5.74, 6) is 0.215. The second kappa shape index (κ2) is 8.89. The monoisotopic (exact) mass is 391 g/mol. The van der Waals surface area contributed by atoms with Gasteiger partial charge in [0.05, 0.1) is 36.7 Å². The summed E-state index contributed by atoms with van der Waals surface area (Å²) in [6, 6.07) is 3.65. The number of nitrogens with zero attached hydrogens (tertiary/aromatic N) is 3. The zero-order chi connectivity index (χ0) is 20.0. The van der Waals surface area contributed by atoms with Crippen LogP contribution in [0, 0.1) is 11.3 Å². The molecule has 0 radical (unpaired) electrons. The van der Waals surface area contributed by atoms with Crippen LogP contribution in [0.15, 0.2) is 24.9 Å². The molecule has 0 unspecified atom stereocenters. The Morgan fingerprint density at radius 1 is 1.44 bits per heavy atom. The standard InChI is InChI=1S/C19H22ClN3O4/c1-5-8-25-9-10-26-17-14(20)11-15-16(22-17)13(6-7-21)12-23(15)18(24)27-19(2,3)4/h5,11-12H,1,6,8-10H2,2-4H3. The molecule has 2 aromatic heterocycles. The number of fused-ring (bicyclic) bond motifs is 1. The van der Waals surface area contributed by atoms with Crippen LogP contribution in [0.5, 0.6) is 5.88 Å². The normalized spacial score (nSPS) is 11.2. The van der Waals surface area contributed by atoms with Crippen LogP contribution in [0.25, 0.3) is 11.0 Å². The van der Waals surface area contributed by atoms with Gasteiger partial charge >= 0.3 is 6.09 Å². The fourth-order valence-electron chi connectivity index (χ4n) is 2.31. The number of hydrogen-bond acceptors (Lipinski definition) is 6. The van der Waals surface area contributed by atoms with E-state index in [1.165, 1.54) is 4.57 Å². The van der Waals surface area contributed by atoms with Crippen LogP contribution in [-0.4, -0.2) is 41.1 Å². The summed E-state index contributed by atoms with van der Waals surface area (Å²) in [6.45, 7) is 9.93. The van der Waals surface area contributed by atoms with E-state index in [1.54, 1.807) is 39.1 Å². The van der Waals surface area contributed by atoms with Gasteiger partial charge in [0.15, 0.2) is 0 Å². The Balaban J connectivity index is 2.35. The van der Waals surface area contributed by atoms with Crippen molar-refractivity contribution in [3.8, 4) is 11.9 Å². The molecule has 7 nitrogen and oxygen atoms in total. The van der Waals surface area contributed by atoms with Crippen LogP contribution in [0.1, 0.15) is 26.3 Å². The molecule has 144 valence electrons. The van der Waals surface area contributed by atoms with Crippen molar-refractivity contribution in [3.63, 3.8) is 0 Å². The molecule has 2 heterocycles. The summed E-state index contributed by atoms with van der Waals surface area (Å²) < 4.78 is 17.5. The minimum Gasteiger partial charge on any atom is -0.474 e. The Bertz CT molecular complexity index is 878. The molecule has 0 amide bonds. The molecule has 0 spiro atoms. The summed E-state index contributed by atoms with van der Waals surface area (Å²) in [6.07, 6.45) is 2.71. The van der Waals surface area contributed by atoms with Crippen molar-refractivity contribution in [2.45, 2.75) is 32.8 Å². The van der Waals surface area contributed by atoms with Crippen LogP contribution >= 0.6 is 11.6 Å². The summed E-state index contributed by atoms with van der Waals surface area (Å²) in [4.78, 5) is 16.9. The number of pyridine rings is 1. The number of nitriles is 1. The summed E-state index contributed by atoms with van der Waals surface area (Å²) >= 11 is 6.26. The van der Waals surface area contributed by atoms with Crippen molar-refractivity contribution < 1.29 is 19.0 Å². The Morgan fingerprint density at radius 2 is 2.19 bits per heavy atom. The van der Waals surface area contributed by atoms with Crippen molar-refractivity contribution in [1.82, 2.24) is 9.55 Å². The molecule has 0 atom stereocenters. The zero-order valence-corrected chi connectivity index (χ0v) is 16.4. The van der Waals surface area contributed by atoms with Crippen molar-refractivity contribution >= 4 is 28.7 Å². The Kier molecular flexibility index (Phi) is 6.83. The lowest BCUT2D eigenvalue weighted by Gasteiger charge is -2.19. The van der Waals surface area contributed by atoms with Gasteiger partial charge in [0, 0.05) is 11.8 Å². The Labute approximate surface area is 163 Å². The van der Waals surface area contributed by atoms with E-state index in [1.807, 2.05) is 0 Å². The summed E-state index contributed by atoms with van der Waals surface area (Å²) in [5.41, 5.74) is 0.848. The lowest BCUT2D eigenvalue weighted by molar-refractivity contribution is 0.0544. The lowest BCUT2D eigenvalue weighted by atomic mass is 10.2. The Morgan fingerprint density at radius 3 is 2.81 bits per heavy atom. The van der Waals surface area contributed by atoms with Crippen LogP contribution in [0.3, 0.4) is 0 Å². The van der Waals surface area contributed by atoms with Gasteiger partial charge in [-0.1, -0.05) is 17.7 Å². The Hall–Kier alpha value is -2.56. The highest BCUT2D eigenvalue weighted by molar-refractivity contribution is 6.32. The van der Waals surface area contributed by atoms with Crippen LogP contribution in [0.4, 0.5) is 4.79 Å². The first kappa shape index (κ1) is 20.7. The van der Waals surface area contributed by atoms with Crippen LogP contribution in [-0.2, 0) is 15.9 Å². The summed E-state index contributed by atoms with van der Waals surface area (Å²) in [5, 5.41) is 9.32. The largest absolute Gasteiger partial charge is 0.474 e. The van der Waals surface area contributed by atoms with E-state index < -0.39 is 11.7 Å². The molecule has 0 saturated carbocycles. The van der Waals surface area contributed by atoms with Gasteiger partial charge in [0.2, 0.25) is 5.88 Å². The SMILES string of the molecule is C=CCOCCOc1nc2c(CC#N)cn(C(=O)OC(C)(C)C)c2cc1Cl. The highest BCUT2D eigenvalue weighted by Gasteiger charge is 2.22. The fraction of sp³-hybridized carbons (Fsp3) is 0.421. The van der Waals surface area contributed by atoms with Gasteiger partial charge in [0.1, 0.15) is 17.2 Å². The van der Waals surface area contributed by atoms with E-state index in [0.29, 0.717) is 29.8 Å². The highest BCUT2D eigenvalue weighted by atomic mass is 35.5. The first-order valence-corrected chi connectivity index (χ1v) is 8.77. The minimum atomic E-state index is -0.658. The van der Waals surface area contributed by atoms with Crippen LogP contribution < -0.4 is 4.74 Å². The van der Waals surface area contributed by atoms with Crippen molar-refractivity contribution in [3.05, 3.63) is 35.5 Å². The van der Waals surface area contributed by atoms with Gasteiger partial charge in [-0.05, 0) is 26.8 Å². The molecule has 0 aliphatic rings. The number of ether oxygens (including phenoxy) is 3. The predicted molar refractivity (Wildman–Crippen MR) is 102 cm³/mol. The third kappa shape index (κ3) is 5.46. The number of carbonyl (C=O) groups excluding carboxylic acids is 1. The van der Waals surface area contributed by atoms with Gasteiger partial charge in [-0.3, -0.25) is 4.57 Å². The maximum atomic E-state index is 12.5. The molecule has 2 rings (SSSR count). The molecule has 2 aromatic rings. The molecule has 0 fully saturated rings. The van der Waals surface area contributed by atoms with Crippen LogP contribution in [0.2, 0.25) is 5.02 Å². The van der Waals surface area contributed by atoms with Gasteiger partial charge in [-0.2, -0.15) is 5.26 Å².